The molecule has 0 radical (unpaired) electrons. The number of amides is 2. The number of allylic oxidation sites excluding steroid dienone is 2. The molecule has 1 aliphatic carbocycles. The van der Waals surface area contributed by atoms with Gasteiger partial charge in [-0.05, 0) is 31.1 Å². The van der Waals surface area contributed by atoms with Gasteiger partial charge in [0.1, 0.15) is 0 Å². The summed E-state index contributed by atoms with van der Waals surface area (Å²) in [6, 6.07) is -0.207. The van der Waals surface area contributed by atoms with E-state index in [0.717, 1.165) is 19.3 Å². The lowest BCUT2D eigenvalue weighted by molar-refractivity contribution is -0.137. The number of carbonyl (C=O) groups is 2. The highest BCUT2D eigenvalue weighted by atomic mass is 16.4. The van der Waals surface area contributed by atoms with Gasteiger partial charge in [0.2, 0.25) is 0 Å². The number of carbonyl (C=O) groups excluding carboxylic acids is 1. The maximum absolute atomic E-state index is 11.5. The highest BCUT2D eigenvalue weighted by Crippen LogP contribution is 2.16. The number of hydrogen-bond donors (Lipinski definition) is 3. The molecule has 0 fully saturated rings. The molecule has 3 N–H and O–H groups in total. The first kappa shape index (κ1) is 14.5. The van der Waals surface area contributed by atoms with Crippen molar-refractivity contribution in [3.8, 4) is 0 Å². The van der Waals surface area contributed by atoms with Gasteiger partial charge in [0, 0.05) is 19.5 Å². The lowest BCUT2D eigenvalue weighted by Gasteiger charge is -2.18. The quantitative estimate of drug-likeness (QED) is 0.632. The van der Waals surface area contributed by atoms with Crippen LogP contribution < -0.4 is 10.6 Å². The molecule has 5 nitrogen and oxygen atoms in total. The fourth-order valence-electron chi connectivity index (χ4n) is 1.98. The summed E-state index contributed by atoms with van der Waals surface area (Å²) in [6.07, 6.45) is 7.63. The molecule has 2 atom stereocenters. The highest BCUT2D eigenvalue weighted by Gasteiger charge is 2.12. The van der Waals surface area contributed by atoms with E-state index >= 15 is 0 Å². The summed E-state index contributed by atoms with van der Waals surface area (Å²) in [5, 5.41) is 14.1. The Kier molecular flexibility index (Phi) is 6.25. The first-order valence-corrected chi connectivity index (χ1v) is 6.46. The molecule has 5 heteroatoms. The summed E-state index contributed by atoms with van der Waals surface area (Å²) in [6.45, 7) is 2.88. The zero-order valence-electron chi connectivity index (χ0n) is 10.8. The van der Waals surface area contributed by atoms with Crippen LogP contribution in [0.15, 0.2) is 12.2 Å². The van der Waals surface area contributed by atoms with E-state index in [1.165, 1.54) is 0 Å². The lowest BCUT2D eigenvalue weighted by atomic mass is 9.94. The first-order valence-electron chi connectivity index (χ1n) is 6.46. The van der Waals surface area contributed by atoms with Gasteiger partial charge in [-0.15, -0.1) is 0 Å². The van der Waals surface area contributed by atoms with Crippen molar-refractivity contribution in [3.05, 3.63) is 12.2 Å². The van der Waals surface area contributed by atoms with Crippen molar-refractivity contribution in [1.82, 2.24) is 10.6 Å². The predicted molar refractivity (Wildman–Crippen MR) is 69.3 cm³/mol. The zero-order chi connectivity index (χ0) is 13.4. The number of hydrogen-bond acceptors (Lipinski definition) is 2. The molecule has 0 heterocycles. The molecule has 102 valence electrons. The Morgan fingerprint density at radius 2 is 2.17 bits per heavy atom. The molecule has 0 saturated heterocycles. The van der Waals surface area contributed by atoms with E-state index in [4.69, 9.17) is 5.11 Å². The predicted octanol–water partition coefficient (Wildman–Crippen LogP) is 1.75. The Balaban J connectivity index is 2.09. The van der Waals surface area contributed by atoms with Crippen LogP contribution in [0.3, 0.4) is 0 Å². The molecular formula is C13H22N2O3. The third-order valence-corrected chi connectivity index (χ3v) is 3.06. The smallest absolute Gasteiger partial charge is 0.314 e. The normalized spacial score (nSPS) is 20.2. The van der Waals surface area contributed by atoms with Crippen molar-refractivity contribution in [2.75, 3.05) is 13.1 Å². The molecule has 2 amide bonds. The molecule has 1 aliphatic rings. The van der Waals surface area contributed by atoms with Crippen molar-refractivity contribution < 1.29 is 14.7 Å². The number of aliphatic carboxylic acids is 1. The summed E-state index contributed by atoms with van der Waals surface area (Å²) in [5.41, 5.74) is 0. The minimum absolute atomic E-state index is 0.0501. The minimum atomic E-state index is -0.835. The topological polar surface area (TPSA) is 78.4 Å². The largest absolute Gasteiger partial charge is 0.481 e. The lowest BCUT2D eigenvalue weighted by Crippen LogP contribution is -2.40. The summed E-state index contributed by atoms with van der Waals surface area (Å²) >= 11 is 0. The highest BCUT2D eigenvalue weighted by molar-refractivity contribution is 5.74. The van der Waals surface area contributed by atoms with Crippen LogP contribution in [0, 0.1) is 11.8 Å². The first-order chi connectivity index (χ1) is 8.58. The van der Waals surface area contributed by atoms with Crippen LogP contribution in [-0.4, -0.2) is 30.2 Å². The molecule has 18 heavy (non-hydrogen) atoms. The van der Waals surface area contributed by atoms with E-state index < -0.39 is 5.97 Å². The molecule has 1 rings (SSSR count). The summed E-state index contributed by atoms with van der Waals surface area (Å²) in [5.74, 6) is -0.359. The van der Waals surface area contributed by atoms with Gasteiger partial charge in [0.15, 0.2) is 0 Å². The minimum Gasteiger partial charge on any atom is -0.481 e. The second-order valence-electron chi connectivity index (χ2n) is 4.94. The summed E-state index contributed by atoms with van der Waals surface area (Å²) in [4.78, 5) is 21.9. The van der Waals surface area contributed by atoms with Crippen LogP contribution in [0.25, 0.3) is 0 Å². The average molecular weight is 254 g/mol. The van der Waals surface area contributed by atoms with E-state index in [0.29, 0.717) is 19.0 Å². The number of carboxylic acids is 1. The SMILES string of the molecule is CC(CNC(=O)NCC1CC=CCC1)CC(=O)O. The van der Waals surface area contributed by atoms with Crippen molar-refractivity contribution in [3.63, 3.8) is 0 Å². The van der Waals surface area contributed by atoms with Gasteiger partial charge >= 0.3 is 12.0 Å². The zero-order valence-corrected chi connectivity index (χ0v) is 10.8. The Morgan fingerprint density at radius 1 is 1.39 bits per heavy atom. The van der Waals surface area contributed by atoms with Gasteiger partial charge in [-0.2, -0.15) is 0 Å². The van der Waals surface area contributed by atoms with Crippen LogP contribution in [-0.2, 0) is 4.79 Å². The molecule has 0 spiro atoms. The van der Waals surface area contributed by atoms with Crippen LogP contribution in [0.5, 0.6) is 0 Å². The van der Waals surface area contributed by atoms with Gasteiger partial charge in [-0.25, -0.2) is 4.79 Å². The molecule has 2 unspecified atom stereocenters. The van der Waals surface area contributed by atoms with Crippen molar-refractivity contribution in [1.29, 1.82) is 0 Å². The molecular weight excluding hydrogens is 232 g/mol. The molecule has 0 aromatic rings. The van der Waals surface area contributed by atoms with E-state index in [-0.39, 0.29) is 18.4 Å². The van der Waals surface area contributed by atoms with Gasteiger partial charge in [-0.1, -0.05) is 19.1 Å². The molecule has 0 aliphatic heterocycles. The van der Waals surface area contributed by atoms with Crippen LogP contribution in [0.1, 0.15) is 32.6 Å². The molecule has 0 aromatic heterocycles. The van der Waals surface area contributed by atoms with Crippen LogP contribution in [0.2, 0.25) is 0 Å². The fraction of sp³-hybridized carbons (Fsp3) is 0.692. The van der Waals surface area contributed by atoms with Crippen molar-refractivity contribution >= 4 is 12.0 Å². The monoisotopic (exact) mass is 254 g/mol. The molecule has 0 aromatic carbocycles. The summed E-state index contributed by atoms with van der Waals surface area (Å²) < 4.78 is 0. The van der Waals surface area contributed by atoms with Gasteiger partial charge in [-0.3, -0.25) is 4.79 Å². The van der Waals surface area contributed by atoms with E-state index in [1.54, 1.807) is 6.92 Å². The van der Waals surface area contributed by atoms with Gasteiger partial charge in [0.05, 0.1) is 0 Å². The Labute approximate surface area is 108 Å². The van der Waals surface area contributed by atoms with Gasteiger partial charge < -0.3 is 15.7 Å². The second kappa shape index (κ2) is 7.74. The summed E-state index contributed by atoms with van der Waals surface area (Å²) in [7, 11) is 0. The second-order valence-corrected chi connectivity index (χ2v) is 4.94. The number of urea groups is 1. The third kappa shape index (κ3) is 6.27. The van der Waals surface area contributed by atoms with Gasteiger partial charge in [0.25, 0.3) is 0 Å². The van der Waals surface area contributed by atoms with E-state index in [9.17, 15) is 9.59 Å². The number of rotatable bonds is 6. The third-order valence-electron chi connectivity index (χ3n) is 3.06. The number of nitrogens with one attached hydrogen (secondary N) is 2. The Bertz CT molecular complexity index is 315. The van der Waals surface area contributed by atoms with Crippen LogP contribution in [0.4, 0.5) is 4.79 Å². The van der Waals surface area contributed by atoms with E-state index in [2.05, 4.69) is 22.8 Å². The standard InChI is InChI=1S/C13H22N2O3/c1-10(7-12(16)17)8-14-13(18)15-9-11-5-3-2-4-6-11/h2-3,10-11H,4-9H2,1H3,(H,16,17)(H2,14,15,18). The molecule has 0 bridgehead atoms. The Morgan fingerprint density at radius 3 is 2.78 bits per heavy atom. The fourth-order valence-corrected chi connectivity index (χ4v) is 1.98. The Hall–Kier alpha value is -1.52. The number of carboxylic acid groups (broad SMARTS) is 1. The van der Waals surface area contributed by atoms with Crippen LogP contribution >= 0.6 is 0 Å². The maximum atomic E-state index is 11.5. The van der Waals surface area contributed by atoms with Crippen molar-refractivity contribution in [2.24, 2.45) is 11.8 Å². The van der Waals surface area contributed by atoms with E-state index in [1.807, 2.05) is 0 Å². The molecule has 0 saturated carbocycles. The average Bonchev–Trinajstić information content (AvgIpc) is 2.34. The maximum Gasteiger partial charge on any atom is 0.314 e. The van der Waals surface area contributed by atoms with Crippen molar-refractivity contribution in [2.45, 2.75) is 32.6 Å².